The monoisotopic (exact) mass is 248 g/mol. The summed E-state index contributed by atoms with van der Waals surface area (Å²) in [4.78, 5) is 10.5. The molecule has 0 saturated heterocycles. The number of rotatable bonds is 4. The van der Waals surface area contributed by atoms with E-state index in [1.807, 2.05) is 0 Å². The first kappa shape index (κ1) is 13.5. The van der Waals surface area contributed by atoms with E-state index in [0.717, 1.165) is 0 Å². The van der Waals surface area contributed by atoms with Crippen LogP contribution in [0, 0.1) is 0 Å². The minimum Gasteiger partial charge on any atom is -0.479 e. The average Bonchev–Trinajstić information content (AvgIpc) is 2.25. The van der Waals surface area contributed by atoms with Crippen LogP contribution in [0.25, 0.3) is 0 Å². The summed E-state index contributed by atoms with van der Waals surface area (Å²) in [6, 6.07) is 8.08. The zero-order valence-corrected chi connectivity index (χ0v) is 8.74. The van der Waals surface area contributed by atoms with Gasteiger partial charge in [0.1, 0.15) is 0 Å². The van der Waals surface area contributed by atoms with Crippen molar-refractivity contribution in [3.05, 3.63) is 35.9 Å². The standard InChI is InChI=1S/C11H11F3O3/c12-11(13,14)10(17,9(15)16)7-6-8-4-2-1-3-5-8/h1-5,17H,6-7H2,(H,15,16)/t10-/m1/s1. The van der Waals surface area contributed by atoms with Crippen LogP contribution in [0.3, 0.4) is 0 Å². The maximum atomic E-state index is 12.4. The molecule has 1 aromatic carbocycles. The van der Waals surface area contributed by atoms with Crippen LogP contribution in [0.15, 0.2) is 30.3 Å². The molecule has 1 rings (SSSR count). The third-order valence-electron chi connectivity index (χ3n) is 2.44. The van der Waals surface area contributed by atoms with Gasteiger partial charge < -0.3 is 10.2 Å². The van der Waals surface area contributed by atoms with E-state index in [9.17, 15) is 18.0 Å². The molecule has 0 unspecified atom stereocenters. The smallest absolute Gasteiger partial charge is 0.428 e. The van der Waals surface area contributed by atoms with Crippen LogP contribution in [-0.2, 0) is 11.2 Å². The Morgan fingerprint density at radius 2 is 1.71 bits per heavy atom. The molecule has 0 saturated carbocycles. The molecular formula is C11H11F3O3. The normalized spacial score (nSPS) is 15.3. The van der Waals surface area contributed by atoms with Gasteiger partial charge in [-0.15, -0.1) is 0 Å². The largest absolute Gasteiger partial charge is 0.479 e. The predicted molar refractivity (Wildman–Crippen MR) is 53.4 cm³/mol. The van der Waals surface area contributed by atoms with Crippen molar-refractivity contribution >= 4 is 5.97 Å². The number of halogens is 3. The summed E-state index contributed by atoms with van der Waals surface area (Å²) in [5.41, 5.74) is -3.15. The molecule has 0 aliphatic heterocycles. The Morgan fingerprint density at radius 1 is 1.18 bits per heavy atom. The Balaban J connectivity index is 2.80. The first-order chi connectivity index (χ1) is 7.77. The zero-order valence-electron chi connectivity index (χ0n) is 8.74. The van der Waals surface area contributed by atoms with Gasteiger partial charge in [0, 0.05) is 6.42 Å². The van der Waals surface area contributed by atoms with E-state index in [4.69, 9.17) is 10.2 Å². The lowest BCUT2D eigenvalue weighted by Crippen LogP contribution is -2.52. The van der Waals surface area contributed by atoms with E-state index in [0.29, 0.717) is 5.56 Å². The van der Waals surface area contributed by atoms with E-state index in [1.54, 1.807) is 30.3 Å². The maximum absolute atomic E-state index is 12.4. The van der Waals surface area contributed by atoms with Gasteiger partial charge in [-0.3, -0.25) is 0 Å². The fraction of sp³-hybridized carbons (Fsp3) is 0.364. The van der Waals surface area contributed by atoms with Gasteiger partial charge in [-0.25, -0.2) is 4.79 Å². The topological polar surface area (TPSA) is 57.5 Å². The van der Waals surface area contributed by atoms with Crippen molar-refractivity contribution in [1.29, 1.82) is 0 Å². The third-order valence-corrected chi connectivity index (χ3v) is 2.44. The van der Waals surface area contributed by atoms with Crippen LogP contribution < -0.4 is 0 Å². The zero-order chi connectivity index (χ0) is 13.1. The lowest BCUT2D eigenvalue weighted by atomic mass is 9.94. The van der Waals surface area contributed by atoms with Crippen LogP contribution in [0.1, 0.15) is 12.0 Å². The number of aliphatic hydroxyl groups is 1. The molecule has 17 heavy (non-hydrogen) atoms. The molecule has 0 radical (unpaired) electrons. The van der Waals surface area contributed by atoms with Crippen molar-refractivity contribution in [2.24, 2.45) is 0 Å². The lowest BCUT2D eigenvalue weighted by Gasteiger charge is -2.25. The number of carbonyl (C=O) groups is 1. The van der Waals surface area contributed by atoms with Crippen molar-refractivity contribution in [2.75, 3.05) is 0 Å². The van der Waals surface area contributed by atoms with Crippen molar-refractivity contribution in [3.63, 3.8) is 0 Å². The van der Waals surface area contributed by atoms with E-state index in [2.05, 4.69) is 0 Å². The van der Waals surface area contributed by atoms with Crippen molar-refractivity contribution in [2.45, 2.75) is 24.6 Å². The second-order valence-corrected chi connectivity index (χ2v) is 3.65. The van der Waals surface area contributed by atoms with E-state index in [1.165, 1.54) is 0 Å². The van der Waals surface area contributed by atoms with Gasteiger partial charge in [-0.2, -0.15) is 13.2 Å². The van der Waals surface area contributed by atoms with Crippen molar-refractivity contribution in [3.8, 4) is 0 Å². The van der Waals surface area contributed by atoms with Crippen LogP contribution in [0.4, 0.5) is 13.2 Å². The molecule has 1 aromatic rings. The van der Waals surface area contributed by atoms with Gasteiger partial charge in [0.15, 0.2) is 0 Å². The Hall–Kier alpha value is -1.56. The molecule has 0 fully saturated rings. The Morgan fingerprint density at radius 3 is 2.12 bits per heavy atom. The second-order valence-electron chi connectivity index (χ2n) is 3.65. The molecular weight excluding hydrogens is 237 g/mol. The lowest BCUT2D eigenvalue weighted by molar-refractivity contribution is -0.261. The molecule has 1 atom stereocenters. The summed E-state index contributed by atoms with van der Waals surface area (Å²) < 4.78 is 37.3. The molecule has 2 N–H and O–H groups in total. The third kappa shape index (κ3) is 2.97. The SMILES string of the molecule is O=C(O)[C@](O)(CCc1ccccc1)C(F)(F)F. The van der Waals surface area contributed by atoms with Crippen LogP contribution in [0.5, 0.6) is 0 Å². The minimum absolute atomic E-state index is 0.164. The van der Waals surface area contributed by atoms with Gasteiger partial charge in [0.05, 0.1) is 0 Å². The molecule has 0 aliphatic carbocycles. The van der Waals surface area contributed by atoms with Crippen molar-refractivity contribution < 1.29 is 28.2 Å². The maximum Gasteiger partial charge on any atom is 0.428 e. The second kappa shape index (κ2) is 4.75. The first-order valence-electron chi connectivity index (χ1n) is 4.84. The molecule has 0 amide bonds. The van der Waals surface area contributed by atoms with Gasteiger partial charge in [0.25, 0.3) is 5.60 Å². The van der Waals surface area contributed by atoms with Crippen LogP contribution >= 0.6 is 0 Å². The number of hydrogen-bond acceptors (Lipinski definition) is 2. The van der Waals surface area contributed by atoms with Crippen LogP contribution in [-0.4, -0.2) is 28.0 Å². The summed E-state index contributed by atoms with van der Waals surface area (Å²) in [5, 5.41) is 17.6. The number of alkyl halides is 3. The Bertz CT molecular complexity index is 389. The van der Waals surface area contributed by atoms with Gasteiger partial charge in [0.2, 0.25) is 0 Å². The van der Waals surface area contributed by atoms with Gasteiger partial charge >= 0.3 is 12.1 Å². The number of hydrogen-bond donors (Lipinski definition) is 2. The summed E-state index contributed by atoms with van der Waals surface area (Å²) >= 11 is 0. The molecule has 94 valence electrons. The molecule has 0 spiro atoms. The fourth-order valence-electron chi connectivity index (χ4n) is 1.34. The number of carboxylic acids is 1. The average molecular weight is 248 g/mol. The Labute approximate surface area is 95.5 Å². The van der Waals surface area contributed by atoms with E-state index < -0.39 is 24.2 Å². The Kier molecular flexibility index (Phi) is 3.77. The summed E-state index contributed by atoms with van der Waals surface area (Å²) in [6.45, 7) is 0. The molecule has 0 aromatic heterocycles. The highest BCUT2D eigenvalue weighted by atomic mass is 19.4. The van der Waals surface area contributed by atoms with E-state index in [-0.39, 0.29) is 6.42 Å². The van der Waals surface area contributed by atoms with Gasteiger partial charge in [-0.1, -0.05) is 30.3 Å². The fourth-order valence-corrected chi connectivity index (χ4v) is 1.34. The highest BCUT2D eigenvalue weighted by Crippen LogP contribution is 2.34. The number of aliphatic carboxylic acids is 1. The van der Waals surface area contributed by atoms with Crippen molar-refractivity contribution in [1.82, 2.24) is 0 Å². The highest BCUT2D eigenvalue weighted by molar-refractivity contribution is 5.78. The highest BCUT2D eigenvalue weighted by Gasteiger charge is 2.59. The van der Waals surface area contributed by atoms with Gasteiger partial charge in [-0.05, 0) is 12.0 Å². The molecule has 6 heteroatoms. The minimum atomic E-state index is -5.19. The summed E-state index contributed by atoms with van der Waals surface area (Å²) in [7, 11) is 0. The quantitative estimate of drug-likeness (QED) is 0.856. The molecule has 0 aliphatic rings. The van der Waals surface area contributed by atoms with E-state index >= 15 is 0 Å². The number of carboxylic acid groups (broad SMARTS) is 1. The number of benzene rings is 1. The predicted octanol–water partition coefficient (Wildman–Crippen LogP) is 2.00. The number of aryl methyl sites for hydroxylation is 1. The van der Waals surface area contributed by atoms with Crippen LogP contribution in [0.2, 0.25) is 0 Å². The molecule has 0 heterocycles. The molecule has 3 nitrogen and oxygen atoms in total. The summed E-state index contributed by atoms with van der Waals surface area (Å²) in [6.07, 6.45) is -6.26. The summed E-state index contributed by atoms with van der Waals surface area (Å²) in [5.74, 6) is -2.28. The first-order valence-corrected chi connectivity index (χ1v) is 4.84. The molecule has 0 bridgehead atoms.